The monoisotopic (exact) mass is 305 g/mol. The summed E-state index contributed by atoms with van der Waals surface area (Å²) in [6.45, 7) is 4.78. The van der Waals surface area contributed by atoms with Crippen molar-refractivity contribution in [1.29, 1.82) is 0 Å². The lowest BCUT2D eigenvalue weighted by molar-refractivity contribution is 0.113. The molecule has 1 aromatic heterocycles. The van der Waals surface area contributed by atoms with E-state index >= 15 is 0 Å². The Hall–Kier alpha value is -1.62. The smallest absolute Gasteiger partial charge is 0.317 e. The zero-order valence-electron chi connectivity index (χ0n) is 13.7. The van der Waals surface area contributed by atoms with Crippen molar-refractivity contribution >= 4 is 6.03 Å². The van der Waals surface area contributed by atoms with Crippen LogP contribution in [0.4, 0.5) is 4.79 Å². The van der Waals surface area contributed by atoms with Gasteiger partial charge in [-0.3, -0.25) is 4.98 Å². The lowest BCUT2D eigenvalue weighted by Crippen LogP contribution is -2.43. The Balaban J connectivity index is 1.96. The third-order valence-corrected chi connectivity index (χ3v) is 4.48. The zero-order chi connectivity index (χ0) is 16.1. The van der Waals surface area contributed by atoms with Gasteiger partial charge in [0.25, 0.3) is 0 Å². The third-order valence-electron chi connectivity index (χ3n) is 4.48. The highest BCUT2D eigenvalue weighted by Gasteiger charge is 2.28. The second kappa shape index (κ2) is 7.58. The maximum absolute atomic E-state index is 12.4. The number of nitrogens with one attached hydrogen (secondary N) is 1. The Kier molecular flexibility index (Phi) is 5.77. The minimum Gasteiger partial charge on any atom is -0.393 e. The number of amides is 2. The molecular formula is C17H27N3O2. The molecule has 1 aliphatic rings. The maximum atomic E-state index is 12.4. The van der Waals surface area contributed by atoms with Gasteiger partial charge in [0.05, 0.1) is 12.1 Å². The van der Waals surface area contributed by atoms with Crippen molar-refractivity contribution < 1.29 is 9.90 Å². The van der Waals surface area contributed by atoms with Crippen LogP contribution in [-0.2, 0) is 0 Å². The number of urea groups is 1. The van der Waals surface area contributed by atoms with E-state index in [0.29, 0.717) is 6.54 Å². The molecule has 0 saturated heterocycles. The molecule has 22 heavy (non-hydrogen) atoms. The highest BCUT2D eigenvalue weighted by atomic mass is 16.3. The summed E-state index contributed by atoms with van der Waals surface area (Å²) in [7, 11) is 1.80. The van der Waals surface area contributed by atoms with Crippen molar-refractivity contribution in [3.05, 3.63) is 30.1 Å². The van der Waals surface area contributed by atoms with Gasteiger partial charge in [0.2, 0.25) is 0 Å². The van der Waals surface area contributed by atoms with Gasteiger partial charge in [-0.2, -0.15) is 0 Å². The highest BCUT2D eigenvalue weighted by molar-refractivity contribution is 5.74. The van der Waals surface area contributed by atoms with E-state index in [2.05, 4.69) is 24.1 Å². The van der Waals surface area contributed by atoms with Crippen LogP contribution in [0.1, 0.15) is 44.7 Å². The fourth-order valence-electron chi connectivity index (χ4n) is 3.11. The lowest BCUT2D eigenvalue weighted by atomic mass is 9.97. The van der Waals surface area contributed by atoms with Crippen LogP contribution in [0.3, 0.4) is 0 Å². The van der Waals surface area contributed by atoms with Crippen LogP contribution in [0.15, 0.2) is 24.5 Å². The third kappa shape index (κ3) is 4.19. The quantitative estimate of drug-likeness (QED) is 0.878. The second-order valence-corrected chi connectivity index (χ2v) is 6.59. The molecule has 1 heterocycles. The number of aliphatic hydroxyl groups is 1. The van der Waals surface area contributed by atoms with Gasteiger partial charge in [0, 0.05) is 31.9 Å². The average molecular weight is 305 g/mol. The standard InChI is InChI=1S/C17H27N3O2/c1-12(2)16(13-7-9-18-10-8-13)19-17(22)20(3)11-14-5-4-6-15(14)21/h7-10,12,14-16,21H,4-6,11H2,1-3H3,(H,19,22)/t14-,15-,16-/m0/s1. The van der Waals surface area contributed by atoms with Gasteiger partial charge in [0.15, 0.2) is 0 Å². The van der Waals surface area contributed by atoms with Crippen molar-refractivity contribution in [3.63, 3.8) is 0 Å². The Morgan fingerprint density at radius 3 is 2.64 bits per heavy atom. The number of hydrogen-bond donors (Lipinski definition) is 2. The van der Waals surface area contributed by atoms with Crippen LogP contribution in [-0.4, -0.2) is 40.7 Å². The van der Waals surface area contributed by atoms with E-state index in [9.17, 15) is 9.90 Å². The van der Waals surface area contributed by atoms with E-state index in [1.807, 2.05) is 12.1 Å². The van der Waals surface area contributed by atoms with Crippen molar-refractivity contribution in [1.82, 2.24) is 15.2 Å². The van der Waals surface area contributed by atoms with Crippen LogP contribution >= 0.6 is 0 Å². The summed E-state index contributed by atoms with van der Waals surface area (Å²) in [6.07, 6.45) is 6.12. The molecule has 1 aromatic rings. The number of aliphatic hydroxyl groups excluding tert-OH is 1. The fourth-order valence-corrected chi connectivity index (χ4v) is 3.11. The van der Waals surface area contributed by atoms with Gasteiger partial charge in [0.1, 0.15) is 0 Å². The molecule has 5 nitrogen and oxygen atoms in total. The molecule has 5 heteroatoms. The normalized spacial score (nSPS) is 22.6. The molecule has 3 atom stereocenters. The summed E-state index contributed by atoms with van der Waals surface area (Å²) >= 11 is 0. The van der Waals surface area contributed by atoms with Crippen molar-refractivity contribution in [2.75, 3.05) is 13.6 Å². The number of pyridine rings is 1. The molecule has 1 aliphatic carbocycles. The molecular weight excluding hydrogens is 278 g/mol. The molecule has 0 unspecified atom stereocenters. The van der Waals surface area contributed by atoms with Gasteiger partial charge in [-0.25, -0.2) is 4.79 Å². The van der Waals surface area contributed by atoms with Crippen LogP contribution < -0.4 is 5.32 Å². The molecule has 1 saturated carbocycles. The summed E-state index contributed by atoms with van der Waals surface area (Å²) < 4.78 is 0. The Bertz CT molecular complexity index is 478. The summed E-state index contributed by atoms with van der Waals surface area (Å²) in [5, 5.41) is 13.0. The number of aromatic nitrogens is 1. The number of carbonyl (C=O) groups excluding carboxylic acids is 1. The van der Waals surface area contributed by atoms with Crippen molar-refractivity contribution in [2.24, 2.45) is 11.8 Å². The first-order valence-electron chi connectivity index (χ1n) is 8.08. The molecule has 2 N–H and O–H groups in total. The number of rotatable bonds is 5. The predicted octanol–water partition coefficient (Wildman–Crippen LogP) is 2.58. The van der Waals surface area contributed by atoms with Gasteiger partial charge in [-0.15, -0.1) is 0 Å². The van der Waals surface area contributed by atoms with Gasteiger partial charge in [-0.05, 0) is 36.5 Å². The molecule has 0 bridgehead atoms. The van der Waals surface area contributed by atoms with Crippen LogP contribution in [0.5, 0.6) is 0 Å². The molecule has 0 aromatic carbocycles. The predicted molar refractivity (Wildman–Crippen MR) is 86.3 cm³/mol. The minimum atomic E-state index is -0.267. The molecule has 2 rings (SSSR count). The van der Waals surface area contributed by atoms with E-state index in [-0.39, 0.29) is 30.0 Å². The largest absolute Gasteiger partial charge is 0.393 e. The SMILES string of the molecule is CC(C)[C@H](NC(=O)N(C)C[C@@H]1CCC[C@@H]1O)c1ccncc1. The zero-order valence-corrected chi connectivity index (χ0v) is 13.7. The van der Waals surface area contributed by atoms with E-state index in [0.717, 1.165) is 24.8 Å². The van der Waals surface area contributed by atoms with Gasteiger partial charge < -0.3 is 15.3 Å². The Labute approximate surface area is 132 Å². The minimum absolute atomic E-state index is 0.0357. The van der Waals surface area contributed by atoms with E-state index < -0.39 is 0 Å². The first-order chi connectivity index (χ1) is 10.5. The topological polar surface area (TPSA) is 65.5 Å². The lowest BCUT2D eigenvalue weighted by Gasteiger charge is -2.28. The first-order valence-corrected chi connectivity index (χ1v) is 8.08. The van der Waals surface area contributed by atoms with Gasteiger partial charge in [-0.1, -0.05) is 20.3 Å². The highest BCUT2D eigenvalue weighted by Crippen LogP contribution is 2.26. The molecule has 0 radical (unpaired) electrons. The summed E-state index contributed by atoms with van der Waals surface area (Å²) in [6, 6.07) is 3.75. The summed E-state index contributed by atoms with van der Waals surface area (Å²) in [5.74, 6) is 0.492. The number of hydrogen-bond acceptors (Lipinski definition) is 3. The number of carbonyl (C=O) groups is 1. The van der Waals surface area contributed by atoms with Crippen LogP contribution in [0, 0.1) is 11.8 Å². The number of nitrogens with zero attached hydrogens (tertiary/aromatic N) is 2. The van der Waals surface area contributed by atoms with Gasteiger partial charge >= 0.3 is 6.03 Å². The maximum Gasteiger partial charge on any atom is 0.317 e. The van der Waals surface area contributed by atoms with E-state index in [1.54, 1.807) is 24.3 Å². The molecule has 0 aliphatic heterocycles. The summed E-state index contributed by atoms with van der Waals surface area (Å²) in [4.78, 5) is 18.2. The van der Waals surface area contributed by atoms with E-state index in [4.69, 9.17) is 0 Å². The van der Waals surface area contributed by atoms with Crippen molar-refractivity contribution in [3.8, 4) is 0 Å². The molecule has 122 valence electrons. The fraction of sp³-hybridized carbons (Fsp3) is 0.647. The molecule has 2 amide bonds. The van der Waals surface area contributed by atoms with Crippen LogP contribution in [0.25, 0.3) is 0 Å². The molecule has 0 spiro atoms. The Morgan fingerprint density at radius 1 is 1.41 bits per heavy atom. The summed E-state index contributed by atoms with van der Waals surface area (Å²) in [5.41, 5.74) is 1.06. The molecule has 1 fully saturated rings. The Morgan fingerprint density at radius 2 is 2.09 bits per heavy atom. The van der Waals surface area contributed by atoms with Crippen molar-refractivity contribution in [2.45, 2.75) is 45.3 Å². The van der Waals surface area contributed by atoms with Crippen LogP contribution in [0.2, 0.25) is 0 Å². The average Bonchev–Trinajstić information content (AvgIpc) is 2.90. The van der Waals surface area contributed by atoms with E-state index in [1.165, 1.54) is 0 Å². The first kappa shape index (κ1) is 16.7. The second-order valence-electron chi connectivity index (χ2n) is 6.59.